The number of rotatable bonds is 4. The molecule has 2 N–H and O–H groups in total. The lowest BCUT2D eigenvalue weighted by atomic mass is 10.1. The van der Waals surface area contributed by atoms with Crippen molar-refractivity contribution in [1.82, 2.24) is 15.1 Å². The van der Waals surface area contributed by atoms with Crippen molar-refractivity contribution < 1.29 is 5.11 Å². The van der Waals surface area contributed by atoms with E-state index in [0.29, 0.717) is 18.6 Å². The van der Waals surface area contributed by atoms with Crippen LogP contribution in [-0.4, -0.2) is 27.5 Å². The van der Waals surface area contributed by atoms with Crippen molar-refractivity contribution >= 4 is 0 Å². The Bertz CT molecular complexity index is 381. The molecule has 1 aliphatic rings. The Morgan fingerprint density at radius 3 is 2.83 bits per heavy atom. The summed E-state index contributed by atoms with van der Waals surface area (Å²) in [5, 5.41) is 17.2. The van der Waals surface area contributed by atoms with E-state index in [-0.39, 0.29) is 5.54 Å². The summed E-state index contributed by atoms with van der Waals surface area (Å²) in [5.74, 6) is 0.433. The van der Waals surface area contributed by atoms with Crippen LogP contribution in [0.15, 0.2) is 12.4 Å². The molecule has 0 spiro atoms. The van der Waals surface area contributed by atoms with Crippen molar-refractivity contribution in [2.45, 2.75) is 58.2 Å². The summed E-state index contributed by atoms with van der Waals surface area (Å²) in [6.45, 7) is 7.60. The highest BCUT2D eigenvalue weighted by atomic mass is 16.3. The largest absolute Gasteiger partial charge is 0.396 e. The van der Waals surface area contributed by atoms with E-state index in [1.54, 1.807) is 0 Å². The van der Waals surface area contributed by atoms with Gasteiger partial charge in [0.05, 0.1) is 11.7 Å². The summed E-state index contributed by atoms with van der Waals surface area (Å²) in [6.07, 6.45) is 7.59. The Morgan fingerprint density at radius 2 is 2.22 bits per heavy atom. The van der Waals surface area contributed by atoms with Gasteiger partial charge in [0.2, 0.25) is 0 Å². The van der Waals surface area contributed by atoms with Gasteiger partial charge < -0.3 is 10.4 Å². The Kier molecular flexibility index (Phi) is 4.07. The quantitative estimate of drug-likeness (QED) is 0.859. The third-order valence-corrected chi connectivity index (χ3v) is 3.79. The molecule has 18 heavy (non-hydrogen) atoms. The lowest BCUT2D eigenvalue weighted by molar-refractivity contribution is 0.205. The first-order valence-corrected chi connectivity index (χ1v) is 6.89. The lowest BCUT2D eigenvalue weighted by Crippen LogP contribution is -2.33. The second-order valence-electron chi connectivity index (χ2n) is 6.32. The van der Waals surface area contributed by atoms with Gasteiger partial charge in [-0.1, -0.05) is 6.42 Å². The molecule has 4 heteroatoms. The minimum Gasteiger partial charge on any atom is -0.396 e. The van der Waals surface area contributed by atoms with Gasteiger partial charge in [-0.05, 0) is 39.5 Å². The highest BCUT2D eigenvalue weighted by Gasteiger charge is 2.26. The van der Waals surface area contributed by atoms with E-state index in [9.17, 15) is 5.11 Å². The van der Waals surface area contributed by atoms with Gasteiger partial charge in [-0.25, -0.2) is 0 Å². The number of aliphatic hydroxyl groups excluding tert-OH is 1. The third-order valence-electron chi connectivity index (χ3n) is 3.79. The second kappa shape index (κ2) is 5.41. The van der Waals surface area contributed by atoms with E-state index in [2.05, 4.69) is 37.4 Å². The Hall–Kier alpha value is -0.870. The first-order valence-electron chi connectivity index (χ1n) is 6.89. The molecule has 4 nitrogen and oxygen atoms in total. The standard InChI is InChI=1S/C14H25N3O/c1-14(2,3)17-9-11(8-16-17)7-15-13-6-4-5-12(13)10-18/h8-9,12-13,15,18H,4-7,10H2,1-3H3. The normalized spacial score (nSPS) is 24.7. The zero-order valence-corrected chi connectivity index (χ0v) is 11.7. The fraction of sp³-hybridized carbons (Fsp3) is 0.786. The Balaban J connectivity index is 1.89. The topological polar surface area (TPSA) is 50.1 Å². The molecule has 1 aromatic rings. The van der Waals surface area contributed by atoms with Crippen molar-refractivity contribution in [2.24, 2.45) is 5.92 Å². The molecule has 102 valence electrons. The van der Waals surface area contributed by atoms with Gasteiger partial charge in [-0.15, -0.1) is 0 Å². The molecular weight excluding hydrogens is 226 g/mol. The van der Waals surface area contributed by atoms with Gasteiger partial charge in [-0.3, -0.25) is 4.68 Å². The molecular formula is C14H25N3O. The molecule has 1 aliphatic carbocycles. The molecule has 0 aromatic carbocycles. The summed E-state index contributed by atoms with van der Waals surface area (Å²) in [7, 11) is 0. The molecule has 0 radical (unpaired) electrons. The molecule has 1 aromatic heterocycles. The molecule has 1 fully saturated rings. The van der Waals surface area contributed by atoms with Gasteiger partial charge in [0.1, 0.15) is 0 Å². The highest BCUT2D eigenvalue weighted by Crippen LogP contribution is 2.25. The SMILES string of the molecule is CC(C)(C)n1cc(CNC2CCCC2CO)cn1. The average Bonchev–Trinajstić information content (AvgIpc) is 2.94. The van der Waals surface area contributed by atoms with Crippen molar-refractivity contribution in [3.8, 4) is 0 Å². The fourth-order valence-electron chi connectivity index (χ4n) is 2.59. The van der Waals surface area contributed by atoms with Crippen LogP contribution < -0.4 is 5.32 Å². The van der Waals surface area contributed by atoms with Gasteiger partial charge in [0.25, 0.3) is 0 Å². The molecule has 1 saturated carbocycles. The summed E-state index contributed by atoms with van der Waals surface area (Å²) in [6, 6.07) is 0.466. The van der Waals surface area contributed by atoms with Gasteiger partial charge in [0, 0.05) is 31.0 Å². The zero-order chi connectivity index (χ0) is 13.2. The smallest absolute Gasteiger partial charge is 0.0543 e. The van der Waals surface area contributed by atoms with E-state index >= 15 is 0 Å². The minimum atomic E-state index is 0.0409. The van der Waals surface area contributed by atoms with Crippen molar-refractivity contribution in [3.63, 3.8) is 0 Å². The highest BCUT2D eigenvalue weighted by molar-refractivity contribution is 5.05. The molecule has 0 saturated heterocycles. The zero-order valence-electron chi connectivity index (χ0n) is 11.7. The Labute approximate surface area is 109 Å². The molecule has 2 rings (SSSR count). The van der Waals surface area contributed by atoms with Crippen molar-refractivity contribution in [2.75, 3.05) is 6.61 Å². The molecule has 2 unspecified atom stereocenters. The van der Waals surface area contributed by atoms with Crippen LogP contribution in [0.2, 0.25) is 0 Å². The van der Waals surface area contributed by atoms with E-state index in [4.69, 9.17) is 0 Å². The van der Waals surface area contributed by atoms with Crippen LogP contribution in [0.5, 0.6) is 0 Å². The maximum atomic E-state index is 9.29. The van der Waals surface area contributed by atoms with E-state index in [1.807, 2.05) is 10.9 Å². The first kappa shape index (κ1) is 13.6. The number of hydrogen-bond donors (Lipinski definition) is 2. The van der Waals surface area contributed by atoms with Crippen LogP contribution in [0.4, 0.5) is 0 Å². The molecule has 1 heterocycles. The lowest BCUT2D eigenvalue weighted by Gasteiger charge is -2.19. The maximum absolute atomic E-state index is 9.29. The van der Waals surface area contributed by atoms with E-state index in [0.717, 1.165) is 13.0 Å². The predicted molar refractivity (Wildman–Crippen MR) is 72.3 cm³/mol. The number of nitrogens with zero attached hydrogens (tertiary/aromatic N) is 2. The minimum absolute atomic E-state index is 0.0409. The van der Waals surface area contributed by atoms with Crippen molar-refractivity contribution in [1.29, 1.82) is 0 Å². The maximum Gasteiger partial charge on any atom is 0.0543 e. The molecule has 0 aliphatic heterocycles. The van der Waals surface area contributed by atoms with Crippen LogP contribution in [0.1, 0.15) is 45.6 Å². The summed E-state index contributed by atoms with van der Waals surface area (Å²) in [5.41, 5.74) is 1.26. The predicted octanol–water partition coefficient (Wildman–Crippen LogP) is 1.89. The Morgan fingerprint density at radius 1 is 1.44 bits per heavy atom. The van der Waals surface area contributed by atoms with Crippen LogP contribution in [0, 0.1) is 5.92 Å². The van der Waals surface area contributed by atoms with Crippen LogP contribution in [0.3, 0.4) is 0 Å². The third kappa shape index (κ3) is 3.12. The van der Waals surface area contributed by atoms with Gasteiger partial charge >= 0.3 is 0 Å². The van der Waals surface area contributed by atoms with Gasteiger partial charge in [0.15, 0.2) is 0 Å². The van der Waals surface area contributed by atoms with Crippen molar-refractivity contribution in [3.05, 3.63) is 18.0 Å². The average molecular weight is 251 g/mol. The monoisotopic (exact) mass is 251 g/mol. The van der Waals surface area contributed by atoms with Crippen LogP contribution >= 0.6 is 0 Å². The number of nitrogens with one attached hydrogen (secondary N) is 1. The molecule has 2 atom stereocenters. The summed E-state index contributed by atoms with van der Waals surface area (Å²) in [4.78, 5) is 0. The van der Waals surface area contributed by atoms with E-state index in [1.165, 1.54) is 18.4 Å². The summed E-state index contributed by atoms with van der Waals surface area (Å²) < 4.78 is 2.00. The molecule has 0 amide bonds. The number of hydrogen-bond acceptors (Lipinski definition) is 3. The fourth-order valence-corrected chi connectivity index (χ4v) is 2.59. The van der Waals surface area contributed by atoms with Crippen LogP contribution in [-0.2, 0) is 12.1 Å². The number of aromatic nitrogens is 2. The molecule has 0 bridgehead atoms. The second-order valence-corrected chi connectivity index (χ2v) is 6.32. The van der Waals surface area contributed by atoms with E-state index < -0.39 is 0 Å². The number of aliphatic hydroxyl groups is 1. The summed E-state index contributed by atoms with van der Waals surface area (Å²) >= 11 is 0. The van der Waals surface area contributed by atoms with Crippen LogP contribution in [0.25, 0.3) is 0 Å². The van der Waals surface area contributed by atoms with Gasteiger partial charge in [-0.2, -0.15) is 5.10 Å². The first-order chi connectivity index (χ1) is 8.50.